The zero-order valence-corrected chi connectivity index (χ0v) is 8.42. The lowest BCUT2D eigenvalue weighted by molar-refractivity contribution is -0.132. The maximum absolute atomic E-state index is 10.7. The molecule has 0 radical (unpaired) electrons. The lowest BCUT2D eigenvalue weighted by atomic mass is 10.1. The molecule has 0 saturated carbocycles. The Morgan fingerprint density at radius 1 is 1.23 bits per heavy atom. The highest BCUT2D eigenvalue weighted by Gasteiger charge is 2.00. The lowest BCUT2D eigenvalue weighted by Gasteiger charge is -1.94. The number of rotatable bonds is 6. The molecule has 0 fully saturated rings. The number of aliphatic carboxylic acids is 1. The van der Waals surface area contributed by atoms with Crippen LogP contribution in [0, 0.1) is 0 Å². The van der Waals surface area contributed by atoms with Crippen molar-refractivity contribution in [3.05, 3.63) is 23.8 Å². The van der Waals surface area contributed by atoms with E-state index < -0.39 is 5.97 Å². The summed E-state index contributed by atoms with van der Waals surface area (Å²) in [5.41, 5.74) is 0.412. The zero-order chi connectivity index (χ0) is 10.1. The average Bonchev–Trinajstić information content (AvgIpc) is 2.10. The first kappa shape index (κ1) is 11.9. The summed E-state index contributed by atoms with van der Waals surface area (Å²) < 4.78 is 0. The number of hydrogen-bond acceptors (Lipinski definition) is 1. The normalized spacial score (nSPS) is 12.3. The van der Waals surface area contributed by atoms with Crippen molar-refractivity contribution in [1.29, 1.82) is 0 Å². The molecule has 0 aliphatic rings. The van der Waals surface area contributed by atoms with Crippen molar-refractivity contribution >= 4 is 5.97 Å². The molecule has 0 heterocycles. The van der Waals surface area contributed by atoms with Gasteiger partial charge >= 0.3 is 5.97 Å². The molecule has 0 unspecified atom stereocenters. The summed E-state index contributed by atoms with van der Waals surface area (Å²) in [6.07, 6.45) is 9.19. The van der Waals surface area contributed by atoms with Crippen LogP contribution in [0.1, 0.15) is 39.5 Å². The Morgan fingerprint density at radius 2 is 1.85 bits per heavy atom. The van der Waals surface area contributed by atoms with Crippen molar-refractivity contribution < 1.29 is 9.90 Å². The molecule has 13 heavy (non-hydrogen) atoms. The molecular weight excluding hydrogens is 164 g/mol. The van der Waals surface area contributed by atoms with Gasteiger partial charge in [0.1, 0.15) is 0 Å². The molecule has 2 nitrogen and oxygen atoms in total. The van der Waals surface area contributed by atoms with Gasteiger partial charge in [-0.05, 0) is 12.8 Å². The average molecular weight is 182 g/mol. The second-order valence-electron chi connectivity index (χ2n) is 2.94. The third-order valence-electron chi connectivity index (χ3n) is 1.65. The van der Waals surface area contributed by atoms with E-state index in [0.29, 0.717) is 5.57 Å². The molecule has 0 bridgehead atoms. The maximum Gasteiger partial charge on any atom is 0.335 e. The highest BCUT2D eigenvalue weighted by atomic mass is 16.4. The van der Waals surface area contributed by atoms with E-state index in [1.54, 1.807) is 12.2 Å². The quantitative estimate of drug-likeness (QED) is 0.506. The Labute approximate surface area is 80.0 Å². The van der Waals surface area contributed by atoms with E-state index in [0.717, 1.165) is 25.7 Å². The fourth-order valence-corrected chi connectivity index (χ4v) is 0.903. The number of unbranched alkanes of at least 4 members (excludes halogenated alkanes) is 2. The number of carbonyl (C=O) groups is 1. The smallest absolute Gasteiger partial charge is 0.335 e. The number of carboxylic acid groups (broad SMARTS) is 1. The minimum absolute atomic E-state index is 0.412. The van der Waals surface area contributed by atoms with Gasteiger partial charge in [0.2, 0.25) is 0 Å². The molecule has 0 atom stereocenters. The van der Waals surface area contributed by atoms with Crippen molar-refractivity contribution in [1.82, 2.24) is 0 Å². The minimum atomic E-state index is -0.833. The SMILES string of the molecule is CCC/C=C\C(=C/CCC)C(=O)O. The van der Waals surface area contributed by atoms with E-state index in [1.807, 2.05) is 13.0 Å². The summed E-state index contributed by atoms with van der Waals surface area (Å²) >= 11 is 0. The predicted molar refractivity (Wildman–Crippen MR) is 54.7 cm³/mol. The molecule has 0 amide bonds. The van der Waals surface area contributed by atoms with Crippen LogP contribution in [-0.4, -0.2) is 11.1 Å². The van der Waals surface area contributed by atoms with E-state index in [1.165, 1.54) is 0 Å². The van der Waals surface area contributed by atoms with Crippen molar-refractivity contribution in [2.45, 2.75) is 39.5 Å². The second kappa shape index (κ2) is 7.59. The van der Waals surface area contributed by atoms with Gasteiger partial charge in [-0.2, -0.15) is 0 Å². The number of carboxylic acids is 1. The molecule has 0 aliphatic carbocycles. The number of hydrogen-bond donors (Lipinski definition) is 1. The van der Waals surface area contributed by atoms with Gasteiger partial charge in [-0.15, -0.1) is 0 Å². The van der Waals surface area contributed by atoms with E-state index >= 15 is 0 Å². The third-order valence-corrected chi connectivity index (χ3v) is 1.65. The highest BCUT2D eigenvalue weighted by Crippen LogP contribution is 2.03. The van der Waals surface area contributed by atoms with Gasteiger partial charge in [0.25, 0.3) is 0 Å². The van der Waals surface area contributed by atoms with Crippen LogP contribution in [0.25, 0.3) is 0 Å². The van der Waals surface area contributed by atoms with Gasteiger partial charge in [0, 0.05) is 0 Å². The van der Waals surface area contributed by atoms with E-state index in [4.69, 9.17) is 5.11 Å². The van der Waals surface area contributed by atoms with Crippen LogP contribution in [0.5, 0.6) is 0 Å². The molecule has 74 valence electrons. The Kier molecular flexibility index (Phi) is 6.98. The van der Waals surface area contributed by atoms with Crippen LogP contribution < -0.4 is 0 Å². The van der Waals surface area contributed by atoms with Crippen molar-refractivity contribution in [2.24, 2.45) is 0 Å². The minimum Gasteiger partial charge on any atom is -0.478 e. The van der Waals surface area contributed by atoms with Crippen LogP contribution in [0.4, 0.5) is 0 Å². The topological polar surface area (TPSA) is 37.3 Å². The van der Waals surface area contributed by atoms with Crippen LogP contribution in [0.3, 0.4) is 0 Å². The Hall–Kier alpha value is -1.05. The molecule has 0 rings (SSSR count). The molecule has 1 N–H and O–H groups in total. The third kappa shape index (κ3) is 6.14. The molecule has 0 saturated heterocycles. The van der Waals surface area contributed by atoms with Gasteiger partial charge < -0.3 is 5.11 Å². The first-order valence-corrected chi connectivity index (χ1v) is 4.82. The Morgan fingerprint density at radius 3 is 2.31 bits per heavy atom. The van der Waals surface area contributed by atoms with E-state index in [9.17, 15) is 4.79 Å². The van der Waals surface area contributed by atoms with Crippen molar-refractivity contribution in [3.8, 4) is 0 Å². The lowest BCUT2D eigenvalue weighted by Crippen LogP contribution is -1.97. The Balaban J connectivity index is 4.17. The summed E-state index contributed by atoms with van der Waals surface area (Å²) in [7, 11) is 0. The standard InChI is InChI=1S/C11H18O2/c1-3-5-7-9-10(11(12)13)8-6-4-2/h7-9H,3-6H2,1-2H3,(H,12,13)/b9-7-,10-8+. The predicted octanol–water partition coefficient (Wildman–Crippen LogP) is 3.15. The fraction of sp³-hybridized carbons (Fsp3) is 0.545. The summed E-state index contributed by atoms with van der Waals surface area (Å²) in [6.45, 7) is 4.10. The van der Waals surface area contributed by atoms with Crippen molar-refractivity contribution in [3.63, 3.8) is 0 Å². The summed E-state index contributed by atoms with van der Waals surface area (Å²) in [5, 5.41) is 8.78. The maximum atomic E-state index is 10.7. The molecule has 0 aromatic carbocycles. The van der Waals surface area contributed by atoms with Crippen LogP contribution in [0.2, 0.25) is 0 Å². The van der Waals surface area contributed by atoms with Crippen LogP contribution in [0.15, 0.2) is 23.8 Å². The van der Waals surface area contributed by atoms with Crippen molar-refractivity contribution in [2.75, 3.05) is 0 Å². The summed E-state index contributed by atoms with van der Waals surface area (Å²) in [4.78, 5) is 10.7. The summed E-state index contributed by atoms with van der Waals surface area (Å²) in [6, 6.07) is 0. The van der Waals surface area contributed by atoms with Gasteiger partial charge in [0.15, 0.2) is 0 Å². The molecule has 0 spiro atoms. The highest BCUT2D eigenvalue weighted by molar-refractivity contribution is 5.89. The molecule has 0 aromatic rings. The van der Waals surface area contributed by atoms with Gasteiger partial charge in [-0.1, -0.05) is 44.9 Å². The van der Waals surface area contributed by atoms with Gasteiger partial charge in [-0.3, -0.25) is 0 Å². The van der Waals surface area contributed by atoms with E-state index in [-0.39, 0.29) is 0 Å². The summed E-state index contributed by atoms with van der Waals surface area (Å²) in [5.74, 6) is -0.833. The molecule has 2 heteroatoms. The Bertz CT molecular complexity index is 202. The van der Waals surface area contributed by atoms with Gasteiger partial charge in [0.05, 0.1) is 5.57 Å². The molecule has 0 aromatic heterocycles. The molecule has 0 aliphatic heterocycles. The monoisotopic (exact) mass is 182 g/mol. The van der Waals surface area contributed by atoms with Crippen LogP contribution >= 0.6 is 0 Å². The number of allylic oxidation sites excluding steroid dienone is 2. The second-order valence-corrected chi connectivity index (χ2v) is 2.94. The largest absolute Gasteiger partial charge is 0.478 e. The fourth-order valence-electron chi connectivity index (χ4n) is 0.903. The van der Waals surface area contributed by atoms with Crippen LogP contribution in [-0.2, 0) is 4.79 Å². The van der Waals surface area contributed by atoms with E-state index in [2.05, 4.69) is 6.92 Å². The first-order chi connectivity index (χ1) is 6.22. The molecular formula is C11H18O2. The first-order valence-electron chi connectivity index (χ1n) is 4.82. The zero-order valence-electron chi connectivity index (χ0n) is 8.42. The van der Waals surface area contributed by atoms with Gasteiger partial charge in [-0.25, -0.2) is 4.79 Å².